The molecule has 0 aliphatic heterocycles. The first kappa shape index (κ1) is 11.4. The maximum absolute atomic E-state index is 13.6. The summed E-state index contributed by atoms with van der Waals surface area (Å²) in [6, 6.07) is 10.3. The number of nitriles is 1. The van der Waals surface area contributed by atoms with Gasteiger partial charge in [-0.05, 0) is 12.1 Å². The molecule has 0 atom stereocenters. The molecule has 0 bridgehead atoms. The Balaban J connectivity index is 2.12. The predicted molar refractivity (Wildman–Crippen MR) is 67.7 cm³/mol. The van der Waals surface area contributed by atoms with Gasteiger partial charge in [-0.15, -0.1) is 0 Å². The fourth-order valence-electron chi connectivity index (χ4n) is 2.01. The zero-order valence-corrected chi connectivity index (χ0v) is 9.92. The van der Waals surface area contributed by atoms with Gasteiger partial charge in [0.25, 0.3) is 0 Å². The molecule has 3 rings (SSSR count). The van der Waals surface area contributed by atoms with Crippen LogP contribution in [0.2, 0.25) is 0 Å². The number of benzene rings is 1. The summed E-state index contributed by atoms with van der Waals surface area (Å²) in [6.07, 6.45) is 3.24. The van der Waals surface area contributed by atoms with E-state index in [9.17, 15) is 4.39 Å². The van der Waals surface area contributed by atoms with Crippen molar-refractivity contribution in [2.24, 2.45) is 0 Å². The second kappa shape index (κ2) is 4.50. The molecule has 2 heterocycles. The van der Waals surface area contributed by atoms with Crippen LogP contribution in [0, 0.1) is 17.1 Å². The summed E-state index contributed by atoms with van der Waals surface area (Å²) in [6.45, 7) is 0.274. The Labute approximate surface area is 108 Å². The van der Waals surface area contributed by atoms with Crippen LogP contribution in [0.1, 0.15) is 11.3 Å². The summed E-state index contributed by atoms with van der Waals surface area (Å²) >= 11 is 0. The predicted octanol–water partition coefficient (Wildman–Crippen LogP) is 2.49. The van der Waals surface area contributed by atoms with Gasteiger partial charge >= 0.3 is 0 Å². The lowest BCUT2D eigenvalue weighted by Crippen LogP contribution is -2.03. The highest BCUT2D eigenvalue weighted by atomic mass is 19.1. The van der Waals surface area contributed by atoms with Gasteiger partial charge in [-0.2, -0.15) is 10.4 Å². The second-order valence-corrected chi connectivity index (χ2v) is 4.10. The van der Waals surface area contributed by atoms with E-state index in [1.54, 1.807) is 41.3 Å². The minimum atomic E-state index is -0.284. The van der Waals surface area contributed by atoms with Gasteiger partial charge in [-0.25, -0.2) is 4.39 Å². The molecule has 0 aliphatic rings. The Morgan fingerprint density at radius 2 is 2.11 bits per heavy atom. The van der Waals surface area contributed by atoms with Gasteiger partial charge in [0.2, 0.25) is 0 Å². The fourth-order valence-corrected chi connectivity index (χ4v) is 2.01. The molecule has 0 N–H and O–H groups in total. The molecule has 0 saturated heterocycles. The van der Waals surface area contributed by atoms with Crippen LogP contribution in [0.4, 0.5) is 4.39 Å². The summed E-state index contributed by atoms with van der Waals surface area (Å²) in [5.41, 5.74) is 1.58. The van der Waals surface area contributed by atoms with Crippen LogP contribution in [0.5, 0.6) is 0 Å². The van der Waals surface area contributed by atoms with Crippen molar-refractivity contribution in [3.05, 3.63) is 59.8 Å². The Bertz CT molecular complexity index is 785. The third kappa shape index (κ3) is 1.93. The van der Waals surface area contributed by atoms with Crippen molar-refractivity contribution in [2.75, 3.05) is 0 Å². The van der Waals surface area contributed by atoms with E-state index in [4.69, 9.17) is 5.26 Å². The minimum absolute atomic E-state index is 0.274. The van der Waals surface area contributed by atoms with Crippen molar-refractivity contribution < 1.29 is 4.39 Å². The summed E-state index contributed by atoms with van der Waals surface area (Å²) in [5, 5.41) is 14.0. The molecule has 0 spiro atoms. The first-order chi connectivity index (χ1) is 9.29. The van der Waals surface area contributed by atoms with Crippen LogP contribution in [0.3, 0.4) is 0 Å². The molecule has 5 heteroatoms. The molecule has 0 radical (unpaired) electrons. The smallest absolute Gasteiger partial charge is 0.170 e. The first-order valence-electron chi connectivity index (χ1n) is 5.73. The number of fused-ring (bicyclic) bond motifs is 1. The summed E-state index contributed by atoms with van der Waals surface area (Å²) in [4.78, 5) is 4.02. The Morgan fingerprint density at radius 3 is 2.89 bits per heavy atom. The van der Waals surface area contributed by atoms with Gasteiger partial charge in [-0.3, -0.25) is 9.67 Å². The Morgan fingerprint density at radius 1 is 1.26 bits per heavy atom. The van der Waals surface area contributed by atoms with Gasteiger partial charge < -0.3 is 0 Å². The van der Waals surface area contributed by atoms with E-state index in [-0.39, 0.29) is 12.4 Å². The van der Waals surface area contributed by atoms with Crippen molar-refractivity contribution in [3.8, 4) is 6.07 Å². The fraction of sp³-hybridized carbons (Fsp3) is 0.0714. The zero-order valence-electron chi connectivity index (χ0n) is 9.92. The van der Waals surface area contributed by atoms with Gasteiger partial charge in [0.05, 0.1) is 18.3 Å². The molecule has 4 nitrogen and oxygen atoms in total. The lowest BCUT2D eigenvalue weighted by Gasteiger charge is -2.04. The average molecular weight is 252 g/mol. The largest absolute Gasteiger partial charge is 0.262 e. The van der Waals surface area contributed by atoms with Gasteiger partial charge in [0, 0.05) is 17.1 Å². The van der Waals surface area contributed by atoms with E-state index in [1.165, 1.54) is 6.07 Å². The number of rotatable bonds is 2. The highest BCUT2D eigenvalue weighted by molar-refractivity contribution is 5.83. The third-order valence-corrected chi connectivity index (χ3v) is 2.94. The maximum Gasteiger partial charge on any atom is 0.170 e. The van der Waals surface area contributed by atoms with Gasteiger partial charge in [0.1, 0.15) is 11.9 Å². The monoisotopic (exact) mass is 252 g/mol. The second-order valence-electron chi connectivity index (χ2n) is 4.10. The molecule has 0 aliphatic carbocycles. The molecular weight excluding hydrogens is 243 g/mol. The molecule has 3 aromatic rings. The Kier molecular flexibility index (Phi) is 2.69. The van der Waals surface area contributed by atoms with Crippen molar-refractivity contribution in [1.29, 1.82) is 5.26 Å². The molecule has 0 amide bonds. The molecule has 0 saturated carbocycles. The first-order valence-corrected chi connectivity index (χ1v) is 5.73. The SMILES string of the molecule is N#Cc1nn(Cc2ccccc2F)c2cnccc12. The lowest BCUT2D eigenvalue weighted by molar-refractivity contribution is 0.590. The van der Waals surface area contributed by atoms with Gasteiger partial charge in [0.15, 0.2) is 5.69 Å². The van der Waals surface area contributed by atoms with E-state index in [2.05, 4.69) is 10.1 Å². The number of hydrogen-bond acceptors (Lipinski definition) is 3. The van der Waals surface area contributed by atoms with Crippen LogP contribution in [-0.4, -0.2) is 14.8 Å². The third-order valence-electron chi connectivity index (χ3n) is 2.94. The number of halogens is 1. The number of pyridine rings is 1. The highest BCUT2D eigenvalue weighted by Gasteiger charge is 2.11. The van der Waals surface area contributed by atoms with E-state index < -0.39 is 0 Å². The molecule has 1 aromatic carbocycles. The molecular formula is C14H9FN4. The van der Waals surface area contributed by atoms with Crippen LogP contribution < -0.4 is 0 Å². The standard InChI is InChI=1S/C14H9FN4/c15-12-4-2-1-3-10(12)9-19-14-8-17-6-5-11(14)13(7-16)18-19/h1-6,8H,9H2. The summed E-state index contributed by atoms with van der Waals surface area (Å²) < 4.78 is 15.2. The topological polar surface area (TPSA) is 54.5 Å². The summed E-state index contributed by atoms with van der Waals surface area (Å²) in [7, 11) is 0. The molecule has 19 heavy (non-hydrogen) atoms. The van der Waals surface area contributed by atoms with Crippen LogP contribution >= 0.6 is 0 Å². The van der Waals surface area contributed by atoms with E-state index in [0.717, 1.165) is 10.9 Å². The number of hydrogen-bond donors (Lipinski definition) is 0. The van der Waals surface area contributed by atoms with Gasteiger partial charge in [-0.1, -0.05) is 18.2 Å². The van der Waals surface area contributed by atoms with Crippen molar-refractivity contribution in [3.63, 3.8) is 0 Å². The van der Waals surface area contributed by atoms with Crippen LogP contribution in [0.25, 0.3) is 10.9 Å². The number of aromatic nitrogens is 3. The maximum atomic E-state index is 13.6. The quantitative estimate of drug-likeness (QED) is 0.704. The highest BCUT2D eigenvalue weighted by Crippen LogP contribution is 2.18. The van der Waals surface area contributed by atoms with Crippen molar-refractivity contribution >= 4 is 10.9 Å². The normalized spacial score (nSPS) is 10.5. The molecule has 0 fully saturated rings. The molecule has 2 aromatic heterocycles. The Hall–Kier alpha value is -2.74. The van der Waals surface area contributed by atoms with Crippen LogP contribution in [-0.2, 0) is 6.54 Å². The molecule has 92 valence electrons. The summed E-state index contributed by atoms with van der Waals surface area (Å²) in [5.74, 6) is -0.284. The minimum Gasteiger partial charge on any atom is -0.262 e. The molecule has 0 unspecified atom stereocenters. The van der Waals surface area contributed by atoms with E-state index in [1.807, 2.05) is 6.07 Å². The average Bonchev–Trinajstić information content (AvgIpc) is 2.80. The van der Waals surface area contributed by atoms with Crippen LogP contribution in [0.15, 0.2) is 42.7 Å². The van der Waals surface area contributed by atoms with E-state index >= 15 is 0 Å². The lowest BCUT2D eigenvalue weighted by atomic mass is 10.2. The number of nitrogens with zero attached hydrogens (tertiary/aromatic N) is 4. The van der Waals surface area contributed by atoms with Crippen molar-refractivity contribution in [1.82, 2.24) is 14.8 Å². The van der Waals surface area contributed by atoms with E-state index in [0.29, 0.717) is 11.3 Å². The van der Waals surface area contributed by atoms with Crippen molar-refractivity contribution in [2.45, 2.75) is 6.54 Å². The zero-order chi connectivity index (χ0) is 13.2.